The van der Waals surface area contributed by atoms with Crippen molar-refractivity contribution in [1.82, 2.24) is 4.57 Å². The van der Waals surface area contributed by atoms with Crippen LogP contribution in [0.2, 0.25) is 0 Å². The first-order valence-electron chi connectivity index (χ1n) is 8.72. The van der Waals surface area contributed by atoms with Crippen molar-refractivity contribution < 1.29 is 4.74 Å². The number of para-hydroxylation sites is 1. The molecule has 0 saturated heterocycles. The molecule has 0 spiro atoms. The summed E-state index contributed by atoms with van der Waals surface area (Å²) in [6, 6.07) is 15.9. The molecular formula is C21H24N2O2. The molecule has 0 aliphatic rings. The number of aromatic nitrogens is 1. The first-order valence-corrected chi connectivity index (χ1v) is 8.72. The van der Waals surface area contributed by atoms with Gasteiger partial charge in [0.05, 0.1) is 7.11 Å². The molecule has 4 nitrogen and oxygen atoms in total. The van der Waals surface area contributed by atoms with Gasteiger partial charge in [0.1, 0.15) is 5.75 Å². The number of rotatable bonds is 7. The Hall–Kier alpha value is -2.75. The molecule has 2 aromatic carbocycles. The van der Waals surface area contributed by atoms with Crippen molar-refractivity contribution >= 4 is 16.5 Å². The Morgan fingerprint density at radius 1 is 1.04 bits per heavy atom. The number of methoxy groups -OCH3 is 1. The number of anilines is 1. The minimum absolute atomic E-state index is 0.0766. The molecule has 3 rings (SSSR count). The maximum Gasteiger partial charge on any atom is 0.258 e. The van der Waals surface area contributed by atoms with E-state index in [1.165, 1.54) is 5.56 Å². The monoisotopic (exact) mass is 336 g/mol. The second-order valence-corrected chi connectivity index (χ2v) is 6.07. The lowest BCUT2D eigenvalue weighted by Gasteiger charge is -2.12. The predicted molar refractivity (Wildman–Crippen MR) is 104 cm³/mol. The maximum absolute atomic E-state index is 12.6. The lowest BCUT2D eigenvalue weighted by molar-refractivity contribution is 0.410. The van der Waals surface area contributed by atoms with Gasteiger partial charge in [0, 0.05) is 35.7 Å². The van der Waals surface area contributed by atoms with Gasteiger partial charge >= 0.3 is 0 Å². The van der Waals surface area contributed by atoms with E-state index in [2.05, 4.69) is 18.3 Å². The third kappa shape index (κ3) is 3.68. The minimum atomic E-state index is 0.0766. The van der Waals surface area contributed by atoms with Crippen molar-refractivity contribution in [1.29, 1.82) is 0 Å². The van der Waals surface area contributed by atoms with Gasteiger partial charge in [-0.3, -0.25) is 4.79 Å². The molecule has 0 fully saturated rings. The van der Waals surface area contributed by atoms with Crippen molar-refractivity contribution in [3.8, 4) is 5.75 Å². The van der Waals surface area contributed by atoms with Crippen LogP contribution in [0.4, 0.5) is 5.69 Å². The summed E-state index contributed by atoms with van der Waals surface area (Å²) < 4.78 is 7.18. The molecule has 0 aliphatic carbocycles. The molecule has 1 aromatic heterocycles. The number of hydrogen-bond donors (Lipinski definition) is 1. The highest BCUT2D eigenvalue weighted by atomic mass is 16.5. The summed E-state index contributed by atoms with van der Waals surface area (Å²) in [5, 5.41) is 5.20. The maximum atomic E-state index is 12.6. The molecule has 0 saturated carbocycles. The molecule has 4 heteroatoms. The zero-order valence-corrected chi connectivity index (χ0v) is 14.8. The summed E-state index contributed by atoms with van der Waals surface area (Å²) in [6.45, 7) is 3.60. The minimum Gasteiger partial charge on any atom is -0.496 e. The third-order valence-corrected chi connectivity index (χ3v) is 4.39. The van der Waals surface area contributed by atoms with Gasteiger partial charge in [-0.2, -0.15) is 0 Å². The number of nitrogens with zero attached hydrogens (tertiary/aromatic N) is 1. The smallest absolute Gasteiger partial charge is 0.258 e. The van der Waals surface area contributed by atoms with Crippen LogP contribution < -0.4 is 15.6 Å². The van der Waals surface area contributed by atoms with Crippen LogP contribution in [0.5, 0.6) is 5.75 Å². The first kappa shape index (κ1) is 17.1. The second kappa shape index (κ2) is 7.88. The summed E-state index contributed by atoms with van der Waals surface area (Å²) in [6.07, 6.45) is 3.69. The number of ether oxygens (including phenoxy) is 1. The van der Waals surface area contributed by atoms with E-state index >= 15 is 0 Å². The number of nitrogens with one attached hydrogen (secondary N) is 1. The van der Waals surface area contributed by atoms with Crippen LogP contribution in [-0.4, -0.2) is 18.2 Å². The Kier molecular flexibility index (Phi) is 5.39. The molecule has 0 atom stereocenters. The lowest BCUT2D eigenvalue weighted by atomic mass is 10.1. The van der Waals surface area contributed by atoms with Crippen molar-refractivity contribution in [2.45, 2.75) is 26.3 Å². The summed E-state index contributed by atoms with van der Waals surface area (Å²) in [5.74, 6) is 0.907. The first-order chi connectivity index (χ1) is 12.2. The molecule has 25 heavy (non-hydrogen) atoms. The van der Waals surface area contributed by atoms with Gasteiger partial charge in [-0.15, -0.1) is 0 Å². The highest BCUT2D eigenvalue weighted by Crippen LogP contribution is 2.22. The fourth-order valence-corrected chi connectivity index (χ4v) is 3.13. The SMILES string of the molecule is CCCn1ccc2c(NCCc3ccccc3OC)cccc2c1=O. The van der Waals surface area contributed by atoms with E-state index in [1.807, 2.05) is 48.7 Å². The average Bonchev–Trinajstić information content (AvgIpc) is 2.65. The Labute approximate surface area is 148 Å². The van der Waals surface area contributed by atoms with Gasteiger partial charge in [-0.05, 0) is 42.7 Å². The molecule has 1 N–H and O–H groups in total. The van der Waals surface area contributed by atoms with E-state index in [1.54, 1.807) is 11.7 Å². The Morgan fingerprint density at radius 3 is 2.68 bits per heavy atom. The largest absolute Gasteiger partial charge is 0.496 e. The standard InChI is InChI=1S/C21H24N2O2/c1-3-14-23-15-12-17-18(21(23)24)8-6-9-19(17)22-13-11-16-7-4-5-10-20(16)25-2/h4-10,12,15,22H,3,11,13-14H2,1-2H3. The molecule has 0 unspecified atom stereocenters. The summed E-state index contributed by atoms with van der Waals surface area (Å²) >= 11 is 0. The third-order valence-electron chi connectivity index (χ3n) is 4.39. The van der Waals surface area contributed by atoms with Crippen LogP contribution in [0.1, 0.15) is 18.9 Å². The molecule has 3 aromatic rings. The van der Waals surface area contributed by atoms with Crippen molar-refractivity contribution in [3.63, 3.8) is 0 Å². The van der Waals surface area contributed by atoms with E-state index in [9.17, 15) is 4.79 Å². The summed E-state index contributed by atoms with van der Waals surface area (Å²) in [7, 11) is 1.69. The highest BCUT2D eigenvalue weighted by Gasteiger charge is 2.07. The number of hydrogen-bond acceptors (Lipinski definition) is 3. The van der Waals surface area contributed by atoms with Crippen molar-refractivity contribution in [3.05, 3.63) is 70.6 Å². The quantitative estimate of drug-likeness (QED) is 0.707. The number of pyridine rings is 1. The predicted octanol–water partition coefficient (Wildman–Crippen LogP) is 4.07. The van der Waals surface area contributed by atoms with E-state index in [-0.39, 0.29) is 5.56 Å². The van der Waals surface area contributed by atoms with Gasteiger partial charge < -0.3 is 14.6 Å². The molecule has 0 aliphatic heterocycles. The fourth-order valence-electron chi connectivity index (χ4n) is 3.13. The molecular weight excluding hydrogens is 312 g/mol. The number of fused-ring (bicyclic) bond motifs is 1. The van der Waals surface area contributed by atoms with Crippen LogP contribution >= 0.6 is 0 Å². The number of aryl methyl sites for hydroxylation is 1. The van der Waals surface area contributed by atoms with Gasteiger partial charge in [-0.1, -0.05) is 31.2 Å². The molecule has 130 valence electrons. The Balaban J connectivity index is 1.80. The van der Waals surface area contributed by atoms with E-state index in [4.69, 9.17) is 4.74 Å². The fraction of sp³-hybridized carbons (Fsp3) is 0.286. The Bertz CT molecular complexity index is 915. The normalized spacial score (nSPS) is 10.8. The van der Waals surface area contributed by atoms with Crippen LogP contribution in [0.25, 0.3) is 10.8 Å². The lowest BCUT2D eigenvalue weighted by Crippen LogP contribution is -2.19. The molecule has 1 heterocycles. The molecule has 0 radical (unpaired) electrons. The van der Waals surface area contributed by atoms with Crippen molar-refractivity contribution in [2.24, 2.45) is 0 Å². The summed E-state index contributed by atoms with van der Waals surface area (Å²) in [5.41, 5.74) is 2.24. The molecule has 0 amide bonds. The number of benzene rings is 2. The molecule has 0 bridgehead atoms. The van der Waals surface area contributed by atoms with Crippen LogP contribution in [0, 0.1) is 0 Å². The van der Waals surface area contributed by atoms with Gasteiger partial charge in [0.25, 0.3) is 5.56 Å². The van der Waals surface area contributed by atoms with E-state index < -0.39 is 0 Å². The topological polar surface area (TPSA) is 43.3 Å². The highest BCUT2D eigenvalue weighted by molar-refractivity contribution is 5.93. The van der Waals surface area contributed by atoms with Crippen LogP contribution in [0.3, 0.4) is 0 Å². The zero-order valence-electron chi connectivity index (χ0n) is 14.8. The second-order valence-electron chi connectivity index (χ2n) is 6.07. The van der Waals surface area contributed by atoms with Crippen LogP contribution in [0.15, 0.2) is 59.5 Å². The average molecular weight is 336 g/mol. The summed E-state index contributed by atoms with van der Waals surface area (Å²) in [4.78, 5) is 12.6. The van der Waals surface area contributed by atoms with E-state index in [0.29, 0.717) is 0 Å². The van der Waals surface area contributed by atoms with Crippen LogP contribution in [-0.2, 0) is 13.0 Å². The van der Waals surface area contributed by atoms with Gasteiger partial charge in [0.2, 0.25) is 0 Å². The zero-order chi connectivity index (χ0) is 17.6. The van der Waals surface area contributed by atoms with Crippen molar-refractivity contribution in [2.75, 3.05) is 19.0 Å². The van der Waals surface area contributed by atoms with Gasteiger partial charge in [-0.25, -0.2) is 0 Å². The van der Waals surface area contributed by atoms with E-state index in [0.717, 1.165) is 48.1 Å². The van der Waals surface area contributed by atoms with Gasteiger partial charge in [0.15, 0.2) is 0 Å². The Morgan fingerprint density at radius 2 is 1.88 bits per heavy atom.